The number of pyridine rings is 1. The molecule has 2 nitrogen and oxygen atoms in total. The number of halogens is 3. The molecule has 0 aliphatic heterocycles. The number of hydrogen-bond acceptors (Lipinski definition) is 2. The maximum Gasteiger partial charge on any atom is 0.137 e. The number of rotatable bonds is 0. The number of benzene rings is 1. The second-order valence-corrected chi connectivity index (χ2v) is 4.03. The van der Waals surface area contributed by atoms with Gasteiger partial charge in [0.2, 0.25) is 0 Å². The normalized spacial score (nSPS) is 10.8. The van der Waals surface area contributed by atoms with Gasteiger partial charge in [-0.1, -0.05) is 11.6 Å². The van der Waals surface area contributed by atoms with Gasteiger partial charge in [-0.2, -0.15) is 0 Å². The van der Waals surface area contributed by atoms with Crippen LogP contribution in [0.4, 0.5) is 10.1 Å². The highest BCUT2D eigenvalue weighted by molar-refractivity contribution is 9.10. The molecule has 0 unspecified atom stereocenters. The van der Waals surface area contributed by atoms with Crippen molar-refractivity contribution in [2.45, 2.75) is 0 Å². The van der Waals surface area contributed by atoms with Crippen molar-refractivity contribution in [1.29, 1.82) is 0 Å². The summed E-state index contributed by atoms with van der Waals surface area (Å²) in [6, 6.07) is 2.56. The Bertz CT molecular complexity index is 516. The van der Waals surface area contributed by atoms with Gasteiger partial charge in [0, 0.05) is 27.1 Å². The van der Waals surface area contributed by atoms with Crippen LogP contribution < -0.4 is 5.73 Å². The van der Waals surface area contributed by atoms with Crippen LogP contribution in [0.1, 0.15) is 0 Å². The maximum atomic E-state index is 13.0. The zero-order chi connectivity index (χ0) is 10.3. The van der Waals surface area contributed by atoms with Crippen molar-refractivity contribution in [3.05, 3.63) is 33.8 Å². The first kappa shape index (κ1) is 9.68. The Kier molecular flexibility index (Phi) is 2.33. The molecule has 0 saturated heterocycles. The van der Waals surface area contributed by atoms with Crippen LogP contribution in [-0.4, -0.2) is 4.98 Å². The molecule has 14 heavy (non-hydrogen) atoms. The Morgan fingerprint density at radius 1 is 1.43 bits per heavy atom. The second-order valence-electron chi connectivity index (χ2n) is 2.81. The Hall–Kier alpha value is -0.870. The molecule has 0 fully saturated rings. The van der Waals surface area contributed by atoms with E-state index in [-0.39, 0.29) is 5.15 Å². The molecule has 1 aromatic heterocycles. The van der Waals surface area contributed by atoms with E-state index in [4.69, 9.17) is 17.3 Å². The fourth-order valence-electron chi connectivity index (χ4n) is 1.30. The quantitative estimate of drug-likeness (QED) is 0.591. The van der Waals surface area contributed by atoms with E-state index in [1.54, 1.807) is 6.20 Å². The van der Waals surface area contributed by atoms with E-state index in [2.05, 4.69) is 20.9 Å². The third-order valence-electron chi connectivity index (χ3n) is 1.89. The number of hydrogen-bond donors (Lipinski definition) is 1. The van der Waals surface area contributed by atoms with Crippen LogP contribution in [0.3, 0.4) is 0 Å². The highest BCUT2D eigenvalue weighted by Crippen LogP contribution is 2.32. The second kappa shape index (κ2) is 3.37. The smallest absolute Gasteiger partial charge is 0.137 e. The molecule has 2 N–H and O–H groups in total. The van der Waals surface area contributed by atoms with Gasteiger partial charge in [-0.3, -0.25) is 0 Å². The van der Waals surface area contributed by atoms with Gasteiger partial charge >= 0.3 is 0 Å². The van der Waals surface area contributed by atoms with Crippen LogP contribution in [0.15, 0.2) is 22.8 Å². The van der Waals surface area contributed by atoms with E-state index in [0.29, 0.717) is 20.9 Å². The van der Waals surface area contributed by atoms with Gasteiger partial charge in [-0.15, -0.1) is 0 Å². The summed E-state index contributed by atoms with van der Waals surface area (Å²) in [5.74, 6) is -0.420. The lowest BCUT2D eigenvalue weighted by Crippen LogP contribution is -1.91. The molecule has 0 radical (unpaired) electrons. The molecule has 1 aromatic carbocycles. The topological polar surface area (TPSA) is 38.9 Å². The summed E-state index contributed by atoms with van der Waals surface area (Å²) >= 11 is 9.10. The lowest BCUT2D eigenvalue weighted by molar-refractivity contribution is 0.630. The van der Waals surface area contributed by atoms with Crippen molar-refractivity contribution in [2.24, 2.45) is 0 Å². The fraction of sp³-hybridized carbons (Fsp3) is 0. The highest BCUT2D eigenvalue weighted by atomic mass is 79.9. The van der Waals surface area contributed by atoms with Crippen molar-refractivity contribution in [2.75, 3.05) is 5.73 Å². The lowest BCUT2D eigenvalue weighted by atomic mass is 10.1. The summed E-state index contributed by atoms with van der Waals surface area (Å²) in [6.45, 7) is 0. The molecular weight excluding hydrogens is 270 g/mol. The standard InChI is InChI=1S/C9H5BrClFN2/c10-6-3-14-9(11)5-1-4(12)2-7(13)8(5)6/h1-3H,13H2. The molecule has 2 aromatic rings. The Labute approximate surface area is 93.0 Å². The number of fused-ring (bicyclic) bond motifs is 1. The molecule has 0 saturated carbocycles. The van der Waals surface area contributed by atoms with E-state index in [9.17, 15) is 4.39 Å². The summed E-state index contributed by atoms with van der Waals surface area (Å²) in [5, 5.41) is 1.44. The van der Waals surface area contributed by atoms with E-state index in [0.717, 1.165) is 0 Å². The van der Waals surface area contributed by atoms with Crippen molar-refractivity contribution in [3.63, 3.8) is 0 Å². The number of nitrogen functional groups attached to an aromatic ring is 1. The van der Waals surface area contributed by atoms with E-state index in [1.165, 1.54) is 12.1 Å². The zero-order valence-corrected chi connectivity index (χ0v) is 9.23. The number of aromatic nitrogens is 1. The molecule has 72 valence electrons. The summed E-state index contributed by atoms with van der Waals surface area (Å²) in [4.78, 5) is 3.89. The van der Waals surface area contributed by atoms with E-state index >= 15 is 0 Å². The zero-order valence-electron chi connectivity index (χ0n) is 6.89. The summed E-state index contributed by atoms with van der Waals surface area (Å²) < 4.78 is 13.7. The van der Waals surface area contributed by atoms with E-state index in [1.807, 2.05) is 0 Å². The van der Waals surface area contributed by atoms with Gasteiger partial charge in [0.15, 0.2) is 0 Å². The minimum Gasteiger partial charge on any atom is -0.398 e. The van der Waals surface area contributed by atoms with Crippen LogP contribution in [0, 0.1) is 5.82 Å². The van der Waals surface area contributed by atoms with Crippen molar-refractivity contribution in [3.8, 4) is 0 Å². The summed E-state index contributed by atoms with van der Waals surface area (Å²) in [7, 11) is 0. The predicted octanol–water partition coefficient (Wildman–Crippen LogP) is 3.37. The summed E-state index contributed by atoms with van der Waals surface area (Å²) in [6.07, 6.45) is 1.54. The molecule has 1 heterocycles. The number of nitrogens with zero attached hydrogens (tertiary/aromatic N) is 1. The number of anilines is 1. The largest absolute Gasteiger partial charge is 0.398 e. The van der Waals surface area contributed by atoms with E-state index < -0.39 is 5.82 Å². The maximum absolute atomic E-state index is 13.0. The monoisotopic (exact) mass is 274 g/mol. The molecule has 5 heteroatoms. The minimum atomic E-state index is -0.420. The number of nitrogens with two attached hydrogens (primary N) is 1. The molecule has 0 aliphatic rings. The molecule has 2 rings (SSSR count). The van der Waals surface area contributed by atoms with Crippen LogP contribution in [0.5, 0.6) is 0 Å². The van der Waals surface area contributed by atoms with Gasteiger partial charge < -0.3 is 5.73 Å². The van der Waals surface area contributed by atoms with Crippen LogP contribution >= 0.6 is 27.5 Å². The molecule has 0 atom stereocenters. The van der Waals surface area contributed by atoms with Gasteiger partial charge in [0.05, 0.1) is 0 Å². The molecule has 0 bridgehead atoms. The minimum absolute atomic E-state index is 0.245. The average molecular weight is 276 g/mol. The first-order valence-corrected chi connectivity index (χ1v) is 4.95. The Balaban J connectivity index is 3.00. The highest BCUT2D eigenvalue weighted by Gasteiger charge is 2.09. The molecule has 0 aliphatic carbocycles. The molecule has 0 spiro atoms. The van der Waals surface area contributed by atoms with Crippen LogP contribution in [0.25, 0.3) is 10.8 Å². The van der Waals surface area contributed by atoms with Gasteiger partial charge in [-0.25, -0.2) is 9.37 Å². The van der Waals surface area contributed by atoms with Gasteiger partial charge in [0.1, 0.15) is 11.0 Å². The predicted molar refractivity (Wildman–Crippen MR) is 58.8 cm³/mol. The van der Waals surface area contributed by atoms with Crippen molar-refractivity contribution < 1.29 is 4.39 Å². The average Bonchev–Trinajstić information content (AvgIpc) is 2.10. The Morgan fingerprint density at radius 2 is 2.14 bits per heavy atom. The SMILES string of the molecule is Nc1cc(F)cc2c(Cl)ncc(Br)c12. The lowest BCUT2D eigenvalue weighted by Gasteiger charge is -2.05. The molecular formula is C9H5BrClFN2. The van der Waals surface area contributed by atoms with Crippen molar-refractivity contribution in [1.82, 2.24) is 4.98 Å². The van der Waals surface area contributed by atoms with Crippen LogP contribution in [-0.2, 0) is 0 Å². The fourth-order valence-corrected chi connectivity index (χ4v) is 2.05. The summed E-state index contributed by atoms with van der Waals surface area (Å²) in [5.41, 5.74) is 6.01. The third kappa shape index (κ3) is 1.44. The first-order chi connectivity index (χ1) is 6.59. The third-order valence-corrected chi connectivity index (χ3v) is 2.79. The van der Waals surface area contributed by atoms with Gasteiger partial charge in [0.25, 0.3) is 0 Å². The van der Waals surface area contributed by atoms with Crippen LogP contribution in [0.2, 0.25) is 5.15 Å². The van der Waals surface area contributed by atoms with Gasteiger partial charge in [-0.05, 0) is 28.1 Å². The Morgan fingerprint density at radius 3 is 2.86 bits per heavy atom. The molecule has 0 amide bonds. The van der Waals surface area contributed by atoms with Crippen molar-refractivity contribution >= 4 is 44.0 Å². The first-order valence-electron chi connectivity index (χ1n) is 3.78.